The molecule has 1 heterocycles. The van der Waals surface area contributed by atoms with Crippen LogP contribution >= 0.6 is 11.3 Å². The molecular weight excluding hydrogens is 403 g/mol. The van der Waals surface area contributed by atoms with Crippen LogP contribution in [0.15, 0.2) is 29.8 Å². The number of rotatable bonds is 7. The van der Waals surface area contributed by atoms with Crippen LogP contribution in [0.25, 0.3) is 6.08 Å². The number of hydrogen-bond acceptors (Lipinski definition) is 5. The maximum absolute atomic E-state index is 13.9. The Morgan fingerprint density at radius 3 is 2.80 bits per heavy atom. The van der Waals surface area contributed by atoms with Gasteiger partial charge in [0.15, 0.2) is 0 Å². The minimum Gasteiger partial charge on any atom is -0.462 e. The van der Waals surface area contributed by atoms with Crippen molar-refractivity contribution < 1.29 is 18.7 Å². The third kappa shape index (κ3) is 4.95. The highest BCUT2D eigenvalue weighted by Gasteiger charge is 2.28. The van der Waals surface area contributed by atoms with E-state index >= 15 is 0 Å². The minimum atomic E-state index is -0.679. The third-order valence-electron chi connectivity index (χ3n) is 4.90. The average molecular weight is 427 g/mol. The van der Waals surface area contributed by atoms with Gasteiger partial charge in [-0.25, -0.2) is 9.18 Å². The van der Waals surface area contributed by atoms with E-state index in [1.54, 1.807) is 6.07 Å². The number of benzene rings is 1. The molecule has 1 aromatic carbocycles. The molecule has 0 aliphatic heterocycles. The van der Waals surface area contributed by atoms with Crippen molar-refractivity contribution in [3.05, 3.63) is 57.2 Å². The number of esters is 1. The zero-order valence-electron chi connectivity index (χ0n) is 16.8. The average Bonchev–Trinajstić information content (AvgIpc) is 3.11. The number of nitrogens with zero attached hydrogens (tertiary/aromatic N) is 1. The number of ether oxygens (including phenoxy) is 1. The van der Waals surface area contributed by atoms with Crippen LogP contribution in [0.3, 0.4) is 0 Å². The van der Waals surface area contributed by atoms with Crippen molar-refractivity contribution in [2.75, 3.05) is 11.9 Å². The molecule has 1 aliphatic carbocycles. The van der Waals surface area contributed by atoms with Crippen molar-refractivity contribution in [2.45, 2.75) is 45.4 Å². The fourth-order valence-electron chi connectivity index (χ4n) is 3.32. The fourth-order valence-corrected chi connectivity index (χ4v) is 4.59. The Bertz CT molecular complexity index is 1020. The number of anilines is 1. The molecule has 3 rings (SSSR count). The van der Waals surface area contributed by atoms with Crippen LogP contribution in [0.5, 0.6) is 0 Å². The van der Waals surface area contributed by atoms with Gasteiger partial charge in [0, 0.05) is 10.4 Å². The number of carbonyl (C=O) groups is 2. The van der Waals surface area contributed by atoms with E-state index in [0.29, 0.717) is 17.2 Å². The van der Waals surface area contributed by atoms with E-state index in [1.807, 2.05) is 13.0 Å². The molecular formula is C23H23FN2O3S. The van der Waals surface area contributed by atoms with Gasteiger partial charge in [-0.15, -0.1) is 11.3 Å². The molecule has 0 atom stereocenters. The van der Waals surface area contributed by atoms with E-state index in [2.05, 4.69) is 5.32 Å². The highest BCUT2D eigenvalue weighted by Crippen LogP contribution is 2.38. The normalized spacial score (nSPS) is 13.3. The number of carbonyl (C=O) groups excluding carboxylic acids is 2. The fraction of sp³-hybridized carbons (Fsp3) is 0.348. The Hall–Kier alpha value is -2.98. The second-order valence-electron chi connectivity index (χ2n) is 7.05. The largest absolute Gasteiger partial charge is 0.462 e. The second-order valence-corrected chi connectivity index (χ2v) is 8.16. The zero-order chi connectivity index (χ0) is 21.5. The summed E-state index contributed by atoms with van der Waals surface area (Å²) in [5.74, 6) is -1.65. The van der Waals surface area contributed by atoms with Gasteiger partial charge in [0.1, 0.15) is 22.5 Å². The Labute approximate surface area is 179 Å². The van der Waals surface area contributed by atoms with Gasteiger partial charge in [0.05, 0.1) is 12.2 Å². The van der Waals surface area contributed by atoms with Gasteiger partial charge >= 0.3 is 5.97 Å². The van der Waals surface area contributed by atoms with Gasteiger partial charge in [-0.1, -0.05) is 31.5 Å². The monoisotopic (exact) mass is 426 g/mol. The Balaban J connectivity index is 1.89. The van der Waals surface area contributed by atoms with Crippen LogP contribution in [0.2, 0.25) is 0 Å². The number of halogens is 1. The van der Waals surface area contributed by atoms with Crippen LogP contribution in [0, 0.1) is 17.1 Å². The smallest absolute Gasteiger partial charge is 0.341 e. The maximum atomic E-state index is 13.9. The summed E-state index contributed by atoms with van der Waals surface area (Å²) in [5, 5.41) is 12.5. The van der Waals surface area contributed by atoms with E-state index in [9.17, 15) is 19.2 Å². The molecule has 1 aromatic heterocycles. The molecule has 0 bridgehead atoms. The molecule has 30 heavy (non-hydrogen) atoms. The first-order valence-electron chi connectivity index (χ1n) is 10.0. The number of hydrogen-bond donors (Lipinski definition) is 1. The molecule has 1 aliphatic rings. The summed E-state index contributed by atoms with van der Waals surface area (Å²) in [6.45, 7) is 2.33. The van der Waals surface area contributed by atoms with Crippen molar-refractivity contribution in [1.29, 1.82) is 5.26 Å². The maximum Gasteiger partial charge on any atom is 0.341 e. The molecule has 5 nitrogen and oxygen atoms in total. The lowest BCUT2D eigenvalue weighted by Gasteiger charge is -2.12. The molecule has 0 fully saturated rings. The highest BCUT2D eigenvalue weighted by atomic mass is 32.1. The topological polar surface area (TPSA) is 79.2 Å². The van der Waals surface area contributed by atoms with E-state index in [4.69, 9.17) is 4.74 Å². The van der Waals surface area contributed by atoms with E-state index in [-0.39, 0.29) is 11.1 Å². The standard InChI is InChI=1S/C23H23FN2O3S/c1-2-3-12-29-23(28)20-17-9-5-7-11-19(17)30-22(20)26-21(27)16(14-25)13-15-8-4-6-10-18(15)24/h4,6,8,10,13H,2-3,5,7,9,11-12H2,1H3,(H,26,27)/b16-13+. The number of thiophene rings is 1. The molecule has 0 saturated heterocycles. The molecule has 1 N–H and O–H groups in total. The Morgan fingerprint density at radius 2 is 2.07 bits per heavy atom. The van der Waals surface area contributed by atoms with Crippen molar-refractivity contribution in [3.63, 3.8) is 0 Å². The summed E-state index contributed by atoms with van der Waals surface area (Å²) in [6, 6.07) is 7.73. The summed E-state index contributed by atoms with van der Waals surface area (Å²) in [5.41, 5.74) is 1.23. The van der Waals surface area contributed by atoms with Gasteiger partial charge in [-0.2, -0.15) is 5.26 Å². The zero-order valence-corrected chi connectivity index (χ0v) is 17.6. The number of amides is 1. The first kappa shape index (κ1) is 21.7. The minimum absolute atomic E-state index is 0.147. The van der Waals surface area contributed by atoms with Gasteiger partial charge in [0.25, 0.3) is 5.91 Å². The summed E-state index contributed by atoms with van der Waals surface area (Å²) in [4.78, 5) is 26.5. The lowest BCUT2D eigenvalue weighted by Crippen LogP contribution is -2.17. The number of nitriles is 1. The summed E-state index contributed by atoms with van der Waals surface area (Å²) in [7, 11) is 0. The van der Waals surface area contributed by atoms with Gasteiger partial charge in [-0.3, -0.25) is 4.79 Å². The first-order valence-corrected chi connectivity index (χ1v) is 10.9. The first-order chi connectivity index (χ1) is 14.5. The second kappa shape index (κ2) is 10.2. The molecule has 0 saturated carbocycles. The van der Waals surface area contributed by atoms with Crippen molar-refractivity contribution in [2.24, 2.45) is 0 Å². The molecule has 156 valence electrons. The predicted molar refractivity (Wildman–Crippen MR) is 115 cm³/mol. The van der Waals surface area contributed by atoms with E-state index in [1.165, 1.54) is 35.6 Å². The van der Waals surface area contributed by atoms with Crippen LogP contribution in [-0.2, 0) is 22.4 Å². The molecule has 0 spiro atoms. The number of nitrogens with one attached hydrogen (secondary N) is 1. The lowest BCUT2D eigenvalue weighted by atomic mass is 9.95. The molecule has 7 heteroatoms. The van der Waals surface area contributed by atoms with Crippen molar-refractivity contribution in [1.82, 2.24) is 0 Å². The van der Waals surface area contributed by atoms with E-state index in [0.717, 1.165) is 49.0 Å². The van der Waals surface area contributed by atoms with Crippen molar-refractivity contribution >= 4 is 34.3 Å². The third-order valence-corrected chi connectivity index (χ3v) is 6.11. The van der Waals surface area contributed by atoms with Crippen LogP contribution in [-0.4, -0.2) is 18.5 Å². The summed E-state index contributed by atoms with van der Waals surface area (Å²) in [6.07, 6.45) is 6.49. The number of unbranched alkanes of at least 4 members (excludes halogenated alkanes) is 1. The summed E-state index contributed by atoms with van der Waals surface area (Å²) >= 11 is 1.35. The molecule has 2 aromatic rings. The molecule has 0 radical (unpaired) electrons. The van der Waals surface area contributed by atoms with E-state index < -0.39 is 17.7 Å². The molecule has 0 unspecified atom stereocenters. The summed E-state index contributed by atoms with van der Waals surface area (Å²) < 4.78 is 19.3. The van der Waals surface area contributed by atoms with Crippen LogP contribution in [0.1, 0.15) is 59.0 Å². The molecule has 1 amide bonds. The van der Waals surface area contributed by atoms with Crippen LogP contribution < -0.4 is 5.32 Å². The highest BCUT2D eigenvalue weighted by molar-refractivity contribution is 7.17. The van der Waals surface area contributed by atoms with Crippen molar-refractivity contribution in [3.8, 4) is 6.07 Å². The van der Waals surface area contributed by atoms with Gasteiger partial charge < -0.3 is 10.1 Å². The van der Waals surface area contributed by atoms with Gasteiger partial charge in [-0.05, 0) is 49.8 Å². The number of fused-ring (bicyclic) bond motifs is 1. The SMILES string of the molecule is CCCCOC(=O)c1c(NC(=O)/C(C#N)=C/c2ccccc2F)sc2c1CCCC2. The predicted octanol–water partition coefficient (Wildman–Crippen LogP) is 5.27. The quantitative estimate of drug-likeness (QED) is 0.283. The Morgan fingerprint density at radius 1 is 1.30 bits per heavy atom. The number of aryl methyl sites for hydroxylation is 1. The van der Waals surface area contributed by atoms with Crippen LogP contribution in [0.4, 0.5) is 9.39 Å². The lowest BCUT2D eigenvalue weighted by molar-refractivity contribution is -0.112. The van der Waals surface area contributed by atoms with Gasteiger partial charge in [0.2, 0.25) is 0 Å². The Kier molecular flexibility index (Phi) is 7.36.